The van der Waals surface area contributed by atoms with E-state index in [0.29, 0.717) is 29.1 Å². The summed E-state index contributed by atoms with van der Waals surface area (Å²) < 4.78 is 0. The first-order chi connectivity index (χ1) is 18.8. The Hall–Kier alpha value is -2.34. The average Bonchev–Trinajstić information content (AvgIpc) is 2.85. The third kappa shape index (κ3) is 11.6. The Labute approximate surface area is 249 Å². The van der Waals surface area contributed by atoms with Crippen LogP contribution in [0.2, 0.25) is 0 Å². The number of hydrogen-bond donors (Lipinski definition) is 0. The summed E-state index contributed by atoms with van der Waals surface area (Å²) in [6, 6.07) is 0. The molecular weight excluding hydrogens is 480 g/mol. The van der Waals surface area contributed by atoms with E-state index in [0.717, 1.165) is 19.3 Å². The first kappa shape index (κ1) is 33.9. The van der Waals surface area contributed by atoms with Gasteiger partial charge in [-0.2, -0.15) is 0 Å². The minimum Gasteiger partial charge on any atom is -0.0874 e. The molecule has 0 fully saturated rings. The zero-order valence-electron chi connectivity index (χ0n) is 27.6. The van der Waals surface area contributed by atoms with Gasteiger partial charge in [0.25, 0.3) is 0 Å². The average molecular weight is 541 g/mol. The molecule has 2 aliphatic rings. The van der Waals surface area contributed by atoms with Gasteiger partial charge in [-0.15, -0.1) is 0 Å². The van der Waals surface area contributed by atoms with Crippen molar-refractivity contribution in [2.45, 2.75) is 108 Å². The van der Waals surface area contributed by atoms with E-state index in [1.807, 2.05) is 0 Å². The van der Waals surface area contributed by atoms with Gasteiger partial charge < -0.3 is 0 Å². The zero-order chi connectivity index (χ0) is 29.8. The normalized spacial score (nSPS) is 23.1. The second kappa shape index (κ2) is 16.2. The van der Waals surface area contributed by atoms with E-state index in [-0.39, 0.29) is 5.41 Å². The highest BCUT2D eigenvalue weighted by Gasteiger charge is 2.26. The molecule has 0 amide bonds. The molecule has 0 spiro atoms. The SMILES string of the molecule is CC1=C(/C=C/C(C)C/C=C/C(C)/C=C/C=C/C(C)C/C=C/C(C)/C=C/C2=C(C)CCCC2(C)C)C(C)(C)C=CC1. The van der Waals surface area contributed by atoms with Crippen LogP contribution in [0, 0.1) is 34.5 Å². The van der Waals surface area contributed by atoms with Gasteiger partial charge in [0, 0.05) is 5.41 Å². The third-order valence-electron chi connectivity index (χ3n) is 8.67. The summed E-state index contributed by atoms with van der Waals surface area (Å²) in [6.07, 6.45) is 39.7. The van der Waals surface area contributed by atoms with Gasteiger partial charge in [0.2, 0.25) is 0 Å². The predicted octanol–water partition coefficient (Wildman–Crippen LogP) is 12.5. The summed E-state index contributed by atoms with van der Waals surface area (Å²) in [5, 5.41) is 0. The lowest BCUT2D eigenvalue weighted by Crippen LogP contribution is -2.19. The Morgan fingerprint density at radius 1 is 0.700 bits per heavy atom. The molecule has 2 aliphatic carbocycles. The van der Waals surface area contributed by atoms with E-state index in [2.05, 4.69) is 154 Å². The summed E-state index contributed by atoms with van der Waals surface area (Å²) in [5.41, 5.74) is 6.58. The molecule has 4 atom stereocenters. The van der Waals surface area contributed by atoms with Crippen LogP contribution in [0.25, 0.3) is 0 Å². The van der Waals surface area contributed by atoms with Gasteiger partial charge in [-0.3, -0.25) is 0 Å². The summed E-state index contributed by atoms with van der Waals surface area (Å²) in [5.74, 6) is 2.00. The Morgan fingerprint density at radius 3 is 1.90 bits per heavy atom. The third-order valence-corrected chi connectivity index (χ3v) is 8.67. The van der Waals surface area contributed by atoms with Gasteiger partial charge in [-0.05, 0) is 92.6 Å². The molecule has 0 aromatic carbocycles. The molecule has 40 heavy (non-hydrogen) atoms. The molecular formula is C40H60. The molecule has 0 heterocycles. The van der Waals surface area contributed by atoms with E-state index in [9.17, 15) is 0 Å². The molecule has 0 bridgehead atoms. The summed E-state index contributed by atoms with van der Waals surface area (Å²) in [7, 11) is 0. The van der Waals surface area contributed by atoms with Gasteiger partial charge in [0.15, 0.2) is 0 Å². The molecule has 220 valence electrons. The second-order valence-corrected chi connectivity index (χ2v) is 13.9. The fourth-order valence-corrected chi connectivity index (χ4v) is 5.95. The van der Waals surface area contributed by atoms with Crippen LogP contribution >= 0.6 is 0 Å². The van der Waals surface area contributed by atoms with Crippen LogP contribution in [0.4, 0.5) is 0 Å². The van der Waals surface area contributed by atoms with Crippen LogP contribution in [-0.2, 0) is 0 Å². The van der Waals surface area contributed by atoms with E-state index >= 15 is 0 Å². The lowest BCUT2D eigenvalue weighted by Gasteiger charge is -2.33. The second-order valence-electron chi connectivity index (χ2n) is 13.9. The zero-order valence-corrected chi connectivity index (χ0v) is 27.6. The minimum atomic E-state index is 0.147. The van der Waals surface area contributed by atoms with Crippen molar-refractivity contribution >= 4 is 0 Å². The van der Waals surface area contributed by atoms with Gasteiger partial charge in [0.05, 0.1) is 0 Å². The number of rotatable bonds is 13. The smallest absolute Gasteiger partial charge is 0.00748 e. The molecule has 0 nitrogen and oxygen atoms in total. The Bertz CT molecular complexity index is 1070. The number of allylic oxidation sites excluding steroid dienone is 18. The molecule has 0 aromatic heterocycles. The van der Waals surface area contributed by atoms with Gasteiger partial charge in [-0.25, -0.2) is 0 Å². The molecule has 0 saturated heterocycles. The Balaban J connectivity index is 1.73. The van der Waals surface area contributed by atoms with Crippen LogP contribution < -0.4 is 0 Å². The van der Waals surface area contributed by atoms with Gasteiger partial charge in [0.1, 0.15) is 0 Å². The summed E-state index contributed by atoms with van der Waals surface area (Å²) in [4.78, 5) is 0. The van der Waals surface area contributed by atoms with E-state index in [4.69, 9.17) is 0 Å². The van der Waals surface area contributed by atoms with Crippen LogP contribution in [-0.4, -0.2) is 0 Å². The van der Waals surface area contributed by atoms with Crippen LogP contribution in [0.1, 0.15) is 108 Å². The maximum Gasteiger partial charge on any atom is 0.00748 e. The first-order valence-electron chi connectivity index (χ1n) is 15.9. The number of hydrogen-bond acceptors (Lipinski definition) is 0. The monoisotopic (exact) mass is 540 g/mol. The first-order valence-corrected chi connectivity index (χ1v) is 15.9. The molecule has 0 N–H and O–H groups in total. The van der Waals surface area contributed by atoms with Gasteiger partial charge >= 0.3 is 0 Å². The molecule has 2 rings (SSSR count). The van der Waals surface area contributed by atoms with Crippen molar-refractivity contribution in [2.75, 3.05) is 0 Å². The fraction of sp³-hybridized carbons (Fsp3) is 0.550. The Morgan fingerprint density at radius 2 is 1.27 bits per heavy atom. The maximum absolute atomic E-state index is 2.40. The predicted molar refractivity (Wildman–Crippen MR) is 181 cm³/mol. The highest BCUT2D eigenvalue weighted by molar-refractivity contribution is 5.38. The maximum atomic E-state index is 2.40. The quantitative estimate of drug-likeness (QED) is 0.161. The highest BCUT2D eigenvalue weighted by atomic mass is 14.3. The largest absolute Gasteiger partial charge is 0.0874 e. The van der Waals surface area contributed by atoms with Crippen molar-refractivity contribution in [3.8, 4) is 0 Å². The lowest BCUT2D eigenvalue weighted by molar-refractivity contribution is 0.376. The van der Waals surface area contributed by atoms with Crippen LogP contribution in [0.5, 0.6) is 0 Å². The van der Waals surface area contributed by atoms with Crippen molar-refractivity contribution in [3.05, 3.63) is 107 Å². The summed E-state index contributed by atoms with van der Waals surface area (Å²) >= 11 is 0. The van der Waals surface area contributed by atoms with Crippen molar-refractivity contribution in [3.63, 3.8) is 0 Å². The minimum absolute atomic E-state index is 0.147. The fourth-order valence-electron chi connectivity index (χ4n) is 5.95. The molecule has 0 heteroatoms. The molecule has 0 aliphatic heterocycles. The Kier molecular flexibility index (Phi) is 13.7. The standard InChI is InChI=1S/C40H60/c1-31(19-13-21-33(3)25-27-37-35(5)23-15-29-39(37,7)8)17-11-12-18-32(2)20-14-22-34(4)26-28-38-36(6)24-16-30-40(38,9)10/h11-15,17-19,22,25-29,31-34H,16,20-21,23-24,30H2,1-10H3/b17-11+,18-12+,19-13+,22-14+,27-25+,28-26+. The van der Waals surface area contributed by atoms with E-state index in [1.54, 1.807) is 11.1 Å². The van der Waals surface area contributed by atoms with E-state index < -0.39 is 0 Å². The van der Waals surface area contributed by atoms with Gasteiger partial charge in [-0.1, -0.05) is 152 Å². The van der Waals surface area contributed by atoms with Crippen molar-refractivity contribution in [1.29, 1.82) is 0 Å². The summed E-state index contributed by atoms with van der Waals surface area (Å²) in [6.45, 7) is 23.2. The van der Waals surface area contributed by atoms with Crippen LogP contribution in [0.15, 0.2) is 107 Å². The topological polar surface area (TPSA) is 0 Å². The van der Waals surface area contributed by atoms with Crippen LogP contribution in [0.3, 0.4) is 0 Å². The van der Waals surface area contributed by atoms with Crippen molar-refractivity contribution in [1.82, 2.24) is 0 Å². The van der Waals surface area contributed by atoms with E-state index in [1.165, 1.54) is 30.4 Å². The lowest BCUT2D eigenvalue weighted by atomic mass is 9.72. The van der Waals surface area contributed by atoms with Crippen molar-refractivity contribution in [2.24, 2.45) is 34.5 Å². The highest BCUT2D eigenvalue weighted by Crippen LogP contribution is 2.41. The van der Waals surface area contributed by atoms with Crippen molar-refractivity contribution < 1.29 is 0 Å². The molecule has 0 aromatic rings. The molecule has 0 saturated carbocycles. The molecule has 4 unspecified atom stereocenters. The molecule has 0 radical (unpaired) electrons.